The zero-order valence-electron chi connectivity index (χ0n) is 40.0. The highest BCUT2D eigenvalue weighted by Gasteiger charge is 2.27. The summed E-state index contributed by atoms with van der Waals surface area (Å²) >= 11 is 0. The Morgan fingerprint density at radius 2 is 0.850 bits per heavy atom. The smallest absolute Gasteiger partial charge is 0.462 e. The van der Waals surface area contributed by atoms with Crippen LogP contribution in [0.5, 0.6) is 0 Å². The van der Waals surface area contributed by atoms with E-state index in [0.717, 1.165) is 38.5 Å². The number of phosphoric ester groups is 1. The number of hydrogen-bond acceptors (Lipinski definition) is 7. The van der Waals surface area contributed by atoms with Crippen molar-refractivity contribution in [1.82, 2.24) is 0 Å². The molecule has 0 aliphatic carbocycles. The van der Waals surface area contributed by atoms with Crippen LogP contribution in [0.3, 0.4) is 0 Å². The SMILES string of the molecule is CCCCCCCC/C=C/CCCCCCCCCCCCCC(=O)OC[C@@H](COP(=O)(O)OCC[N+](C)(C)C)OC(=O)CCCC/C=C/CCCCCCCCCCC. The fourth-order valence-electron chi connectivity index (χ4n) is 7.00. The fraction of sp³-hybridized carbons (Fsp3) is 0.880. The van der Waals surface area contributed by atoms with Crippen LogP contribution in [0.2, 0.25) is 0 Å². The number of carbonyl (C=O) groups excluding carboxylic acids is 2. The van der Waals surface area contributed by atoms with Gasteiger partial charge in [-0.1, -0.05) is 179 Å². The number of hydrogen-bond donors (Lipinski definition) is 1. The van der Waals surface area contributed by atoms with Crippen molar-refractivity contribution in [3.05, 3.63) is 24.3 Å². The van der Waals surface area contributed by atoms with Gasteiger partial charge in [0.2, 0.25) is 0 Å². The largest absolute Gasteiger partial charge is 0.472 e. The monoisotopic (exact) mass is 871 g/mol. The summed E-state index contributed by atoms with van der Waals surface area (Å²) in [5, 5.41) is 0. The second-order valence-electron chi connectivity index (χ2n) is 18.2. The Balaban J connectivity index is 4.24. The molecule has 0 aliphatic rings. The number of quaternary nitrogens is 1. The quantitative estimate of drug-likeness (QED) is 0.0212. The molecule has 354 valence electrons. The molecular formula is C50H97NO8P+. The highest BCUT2D eigenvalue weighted by molar-refractivity contribution is 7.47. The molecule has 0 amide bonds. The van der Waals surface area contributed by atoms with Gasteiger partial charge < -0.3 is 18.9 Å². The molecule has 0 saturated carbocycles. The summed E-state index contributed by atoms with van der Waals surface area (Å²) in [4.78, 5) is 35.5. The first kappa shape index (κ1) is 58.5. The molecule has 0 saturated heterocycles. The van der Waals surface area contributed by atoms with Gasteiger partial charge in [0.15, 0.2) is 6.10 Å². The number of ether oxygens (including phenoxy) is 2. The number of phosphoric acid groups is 1. The zero-order valence-corrected chi connectivity index (χ0v) is 40.9. The summed E-state index contributed by atoms with van der Waals surface area (Å²) in [5.41, 5.74) is 0. The van der Waals surface area contributed by atoms with E-state index in [1.165, 1.54) is 161 Å². The number of carbonyl (C=O) groups is 2. The van der Waals surface area contributed by atoms with Crippen molar-refractivity contribution in [1.29, 1.82) is 0 Å². The minimum atomic E-state index is -4.38. The van der Waals surface area contributed by atoms with Crippen molar-refractivity contribution in [2.75, 3.05) is 47.5 Å². The number of rotatable bonds is 46. The third-order valence-electron chi connectivity index (χ3n) is 11.0. The van der Waals surface area contributed by atoms with Crippen LogP contribution in [-0.2, 0) is 32.7 Å². The van der Waals surface area contributed by atoms with E-state index in [1.54, 1.807) is 0 Å². The van der Waals surface area contributed by atoms with Gasteiger partial charge in [-0.15, -0.1) is 0 Å². The Kier molecular flexibility index (Phi) is 41.7. The summed E-state index contributed by atoms with van der Waals surface area (Å²) in [6.45, 7) is 4.42. The third-order valence-corrected chi connectivity index (χ3v) is 11.9. The highest BCUT2D eigenvalue weighted by atomic mass is 31.2. The number of likely N-dealkylation sites (N-methyl/N-ethyl adjacent to an activating group) is 1. The lowest BCUT2D eigenvalue weighted by molar-refractivity contribution is -0.870. The Bertz CT molecular complexity index is 1070. The van der Waals surface area contributed by atoms with Gasteiger partial charge in [0.05, 0.1) is 27.7 Å². The molecule has 0 bridgehead atoms. The number of unbranched alkanes of at least 4 members (excludes halogenated alkanes) is 28. The summed E-state index contributed by atoms with van der Waals surface area (Å²) in [5.74, 6) is -0.816. The highest BCUT2D eigenvalue weighted by Crippen LogP contribution is 2.43. The summed E-state index contributed by atoms with van der Waals surface area (Å²) in [6, 6.07) is 0. The van der Waals surface area contributed by atoms with E-state index in [0.29, 0.717) is 17.4 Å². The van der Waals surface area contributed by atoms with E-state index < -0.39 is 26.5 Å². The van der Waals surface area contributed by atoms with Crippen LogP contribution in [0.1, 0.15) is 232 Å². The van der Waals surface area contributed by atoms with E-state index in [4.69, 9.17) is 18.5 Å². The third kappa shape index (κ3) is 46.0. The van der Waals surface area contributed by atoms with Crippen molar-refractivity contribution in [3.63, 3.8) is 0 Å². The molecular weight excluding hydrogens is 774 g/mol. The van der Waals surface area contributed by atoms with Gasteiger partial charge in [0.1, 0.15) is 19.8 Å². The Morgan fingerprint density at radius 1 is 0.500 bits per heavy atom. The molecule has 0 fully saturated rings. The molecule has 2 atom stereocenters. The standard InChI is InChI=1S/C50H96NO8P/c1-6-8-10-12-14-16-18-20-22-23-24-25-26-27-29-30-32-34-36-38-40-42-49(52)56-46-48(47-58-60(54,55)57-45-44-51(3,4)5)59-50(53)43-41-39-37-35-33-31-28-21-19-17-15-13-11-9-7-2/h20,22,33,35,48H,6-19,21,23-32,34,36-47H2,1-5H3/p+1/b22-20+,35-33+/t48-/m0/s1. The molecule has 9 nitrogen and oxygen atoms in total. The maximum absolute atomic E-state index is 12.7. The second kappa shape index (κ2) is 42.8. The average Bonchev–Trinajstić information content (AvgIpc) is 3.20. The normalized spacial score (nSPS) is 13.6. The summed E-state index contributed by atoms with van der Waals surface area (Å²) < 4.78 is 34.4. The topological polar surface area (TPSA) is 108 Å². The van der Waals surface area contributed by atoms with E-state index in [9.17, 15) is 19.0 Å². The lowest BCUT2D eigenvalue weighted by atomic mass is 10.0. The van der Waals surface area contributed by atoms with Crippen molar-refractivity contribution < 1.29 is 42.1 Å². The lowest BCUT2D eigenvalue weighted by Gasteiger charge is -2.24. The summed E-state index contributed by atoms with van der Waals surface area (Å²) in [6.07, 6.45) is 48.0. The molecule has 60 heavy (non-hydrogen) atoms. The first-order valence-electron chi connectivity index (χ1n) is 25.1. The molecule has 0 rings (SSSR count). The van der Waals surface area contributed by atoms with Crippen LogP contribution >= 0.6 is 7.82 Å². The van der Waals surface area contributed by atoms with Gasteiger partial charge in [0, 0.05) is 12.8 Å². The van der Waals surface area contributed by atoms with Crippen LogP contribution in [0, 0.1) is 0 Å². The predicted molar refractivity (Wildman–Crippen MR) is 252 cm³/mol. The lowest BCUT2D eigenvalue weighted by Crippen LogP contribution is -2.37. The average molecular weight is 871 g/mol. The molecule has 0 heterocycles. The molecule has 1 N–H and O–H groups in total. The van der Waals surface area contributed by atoms with Gasteiger partial charge in [-0.2, -0.15) is 0 Å². The number of allylic oxidation sites excluding steroid dienone is 4. The predicted octanol–water partition coefficient (Wildman–Crippen LogP) is 14.7. The zero-order chi connectivity index (χ0) is 44.3. The molecule has 0 aliphatic heterocycles. The molecule has 1 unspecified atom stereocenters. The number of nitrogens with zero attached hydrogens (tertiary/aromatic N) is 1. The Morgan fingerprint density at radius 3 is 1.27 bits per heavy atom. The molecule has 0 aromatic rings. The second-order valence-corrected chi connectivity index (χ2v) is 19.6. The fourth-order valence-corrected chi connectivity index (χ4v) is 7.75. The molecule has 0 aromatic carbocycles. The first-order valence-corrected chi connectivity index (χ1v) is 26.6. The van der Waals surface area contributed by atoms with Gasteiger partial charge in [-0.25, -0.2) is 4.57 Å². The first-order chi connectivity index (χ1) is 29.0. The minimum absolute atomic E-state index is 0.0298. The number of esters is 2. The van der Waals surface area contributed by atoms with E-state index >= 15 is 0 Å². The van der Waals surface area contributed by atoms with Crippen LogP contribution in [0.4, 0.5) is 0 Å². The van der Waals surface area contributed by atoms with Gasteiger partial charge in [-0.3, -0.25) is 18.6 Å². The molecule has 0 aromatic heterocycles. The van der Waals surface area contributed by atoms with Crippen LogP contribution in [0.15, 0.2) is 24.3 Å². The maximum atomic E-state index is 12.7. The van der Waals surface area contributed by atoms with E-state index in [1.807, 2.05) is 21.1 Å². The van der Waals surface area contributed by atoms with Crippen LogP contribution in [-0.4, -0.2) is 74.9 Å². The van der Waals surface area contributed by atoms with Gasteiger partial charge in [0.25, 0.3) is 0 Å². The van der Waals surface area contributed by atoms with E-state index in [2.05, 4.69) is 38.2 Å². The van der Waals surface area contributed by atoms with Crippen LogP contribution < -0.4 is 0 Å². The molecule has 0 radical (unpaired) electrons. The molecule has 0 spiro atoms. The van der Waals surface area contributed by atoms with E-state index in [-0.39, 0.29) is 32.0 Å². The van der Waals surface area contributed by atoms with Crippen molar-refractivity contribution >= 4 is 19.8 Å². The van der Waals surface area contributed by atoms with Gasteiger partial charge in [-0.05, 0) is 64.2 Å². The van der Waals surface area contributed by atoms with Crippen molar-refractivity contribution in [3.8, 4) is 0 Å². The van der Waals surface area contributed by atoms with Crippen LogP contribution in [0.25, 0.3) is 0 Å². The van der Waals surface area contributed by atoms with Gasteiger partial charge >= 0.3 is 19.8 Å². The Labute approximate surface area is 370 Å². The van der Waals surface area contributed by atoms with Crippen molar-refractivity contribution in [2.24, 2.45) is 0 Å². The molecule has 10 heteroatoms. The minimum Gasteiger partial charge on any atom is -0.462 e. The Hall–Kier alpha value is -1.51. The maximum Gasteiger partial charge on any atom is 0.472 e. The summed E-state index contributed by atoms with van der Waals surface area (Å²) in [7, 11) is 1.47. The van der Waals surface area contributed by atoms with Crippen molar-refractivity contribution in [2.45, 2.75) is 238 Å².